The average molecular weight is 346 g/mol. The van der Waals surface area contributed by atoms with Gasteiger partial charge in [0.25, 0.3) is 0 Å². The standard InChI is InChI=1S/C19H21ClNOP/c1-23(22,18-13-7-3-8-14-18)21-19(15-9-4-10-16-20)17-11-5-2-6-12-17/h2-3,5-8,11-14,19H,4,10,16H2,1H3,(H,21,22). The molecule has 0 heterocycles. The van der Waals surface area contributed by atoms with Crippen LogP contribution in [0, 0.1) is 11.8 Å². The lowest BCUT2D eigenvalue weighted by atomic mass is 10.1. The molecule has 0 bridgehead atoms. The summed E-state index contributed by atoms with van der Waals surface area (Å²) in [6, 6.07) is 19.1. The van der Waals surface area contributed by atoms with Crippen LogP contribution in [0.15, 0.2) is 60.7 Å². The number of hydrogen-bond donors (Lipinski definition) is 1. The third-order valence-electron chi connectivity index (χ3n) is 3.44. The van der Waals surface area contributed by atoms with E-state index in [4.69, 9.17) is 11.6 Å². The van der Waals surface area contributed by atoms with Crippen molar-refractivity contribution in [1.82, 2.24) is 5.09 Å². The SMILES string of the molecule is CP(=O)(NC(C#CCCCCl)c1ccccc1)c1ccccc1. The molecule has 120 valence electrons. The van der Waals surface area contributed by atoms with Gasteiger partial charge in [0.05, 0.1) is 0 Å². The van der Waals surface area contributed by atoms with Crippen molar-refractivity contribution in [2.45, 2.75) is 18.9 Å². The highest BCUT2D eigenvalue weighted by Crippen LogP contribution is 2.38. The number of rotatable bonds is 6. The summed E-state index contributed by atoms with van der Waals surface area (Å²) < 4.78 is 13.1. The number of halogens is 1. The lowest BCUT2D eigenvalue weighted by Crippen LogP contribution is -2.22. The van der Waals surface area contributed by atoms with Crippen LogP contribution in [0.3, 0.4) is 0 Å². The zero-order chi connectivity index (χ0) is 16.5. The Labute approximate surface area is 143 Å². The molecule has 0 aromatic heterocycles. The first-order chi connectivity index (χ1) is 11.1. The van der Waals surface area contributed by atoms with Gasteiger partial charge in [0.1, 0.15) is 6.04 Å². The van der Waals surface area contributed by atoms with Crippen molar-refractivity contribution in [1.29, 1.82) is 0 Å². The zero-order valence-electron chi connectivity index (χ0n) is 13.2. The molecule has 0 saturated carbocycles. The van der Waals surface area contributed by atoms with Gasteiger partial charge < -0.3 is 4.57 Å². The fourth-order valence-corrected chi connectivity index (χ4v) is 3.93. The Morgan fingerprint density at radius 2 is 1.70 bits per heavy atom. The molecular weight excluding hydrogens is 325 g/mol. The molecule has 2 atom stereocenters. The van der Waals surface area contributed by atoms with E-state index in [9.17, 15) is 4.57 Å². The highest BCUT2D eigenvalue weighted by Gasteiger charge is 2.22. The first-order valence-electron chi connectivity index (χ1n) is 7.64. The number of nitrogens with one attached hydrogen (secondary N) is 1. The lowest BCUT2D eigenvalue weighted by molar-refractivity contribution is 0.572. The van der Waals surface area contributed by atoms with Gasteiger partial charge in [-0.05, 0) is 12.0 Å². The molecule has 0 aliphatic rings. The fraction of sp³-hybridized carbons (Fsp3) is 0.263. The number of unbranched alkanes of at least 4 members (excludes halogenated alkanes) is 1. The van der Waals surface area contributed by atoms with Crippen molar-refractivity contribution in [3.63, 3.8) is 0 Å². The summed E-state index contributed by atoms with van der Waals surface area (Å²) in [4.78, 5) is 0. The van der Waals surface area contributed by atoms with Crippen LogP contribution in [0.1, 0.15) is 24.4 Å². The van der Waals surface area contributed by atoms with Gasteiger partial charge in [-0.3, -0.25) is 0 Å². The second kappa shape index (κ2) is 8.94. The maximum absolute atomic E-state index is 13.1. The summed E-state index contributed by atoms with van der Waals surface area (Å²) >= 11 is 5.69. The minimum Gasteiger partial charge on any atom is -0.302 e. The van der Waals surface area contributed by atoms with Crippen LogP contribution < -0.4 is 10.4 Å². The van der Waals surface area contributed by atoms with Crippen LogP contribution in [0.2, 0.25) is 0 Å². The molecule has 0 fully saturated rings. The molecule has 2 rings (SSSR count). The molecule has 0 aliphatic carbocycles. The molecule has 0 spiro atoms. The van der Waals surface area contributed by atoms with Crippen molar-refractivity contribution < 1.29 is 4.57 Å². The Morgan fingerprint density at radius 1 is 1.09 bits per heavy atom. The van der Waals surface area contributed by atoms with Crippen LogP contribution in [0.5, 0.6) is 0 Å². The Hall–Kier alpha value is -1.52. The second-order valence-electron chi connectivity index (χ2n) is 5.35. The summed E-state index contributed by atoms with van der Waals surface area (Å²) in [5.74, 6) is 6.95. The van der Waals surface area contributed by atoms with E-state index < -0.39 is 7.29 Å². The molecule has 1 N–H and O–H groups in total. The Bertz CT molecular complexity index is 706. The van der Waals surface area contributed by atoms with E-state index in [0.29, 0.717) is 5.88 Å². The van der Waals surface area contributed by atoms with Crippen molar-refractivity contribution in [3.05, 3.63) is 66.2 Å². The Balaban J connectivity index is 2.23. The number of benzene rings is 2. The molecule has 2 aromatic rings. The van der Waals surface area contributed by atoms with Gasteiger partial charge in [-0.1, -0.05) is 66.6 Å². The molecule has 0 radical (unpaired) electrons. The third kappa shape index (κ3) is 5.56. The second-order valence-corrected chi connectivity index (χ2v) is 8.35. The van der Waals surface area contributed by atoms with E-state index in [0.717, 1.165) is 23.7 Å². The molecule has 0 amide bonds. The van der Waals surface area contributed by atoms with E-state index >= 15 is 0 Å². The summed E-state index contributed by atoms with van der Waals surface area (Å²) in [6.07, 6.45) is 1.60. The molecule has 2 unspecified atom stereocenters. The van der Waals surface area contributed by atoms with Gasteiger partial charge in [-0.2, -0.15) is 0 Å². The van der Waals surface area contributed by atoms with Crippen LogP contribution in [0.4, 0.5) is 0 Å². The summed E-state index contributed by atoms with van der Waals surface area (Å²) in [5, 5.41) is 4.06. The van der Waals surface area contributed by atoms with Gasteiger partial charge in [0.15, 0.2) is 7.29 Å². The van der Waals surface area contributed by atoms with Crippen LogP contribution in [-0.4, -0.2) is 12.5 Å². The molecule has 0 aliphatic heterocycles. The van der Waals surface area contributed by atoms with Gasteiger partial charge in [-0.15, -0.1) is 17.5 Å². The normalized spacial score (nSPS) is 14.3. The van der Waals surface area contributed by atoms with Crippen molar-refractivity contribution in [3.8, 4) is 11.8 Å². The highest BCUT2D eigenvalue weighted by molar-refractivity contribution is 7.69. The summed E-state index contributed by atoms with van der Waals surface area (Å²) in [7, 11) is -2.70. The number of alkyl halides is 1. The predicted octanol–water partition coefficient (Wildman–Crippen LogP) is 4.57. The lowest BCUT2D eigenvalue weighted by Gasteiger charge is -2.20. The fourth-order valence-electron chi connectivity index (χ4n) is 2.20. The van der Waals surface area contributed by atoms with Gasteiger partial charge >= 0.3 is 0 Å². The molecule has 23 heavy (non-hydrogen) atoms. The number of hydrogen-bond acceptors (Lipinski definition) is 1. The monoisotopic (exact) mass is 345 g/mol. The van der Waals surface area contributed by atoms with Gasteiger partial charge in [0, 0.05) is 24.3 Å². The van der Waals surface area contributed by atoms with E-state index in [2.05, 4.69) is 16.9 Å². The van der Waals surface area contributed by atoms with Gasteiger partial charge in [-0.25, -0.2) is 5.09 Å². The zero-order valence-corrected chi connectivity index (χ0v) is 14.9. The topological polar surface area (TPSA) is 29.1 Å². The van der Waals surface area contributed by atoms with Crippen LogP contribution >= 0.6 is 18.9 Å². The molecule has 2 nitrogen and oxygen atoms in total. The highest BCUT2D eigenvalue weighted by atomic mass is 35.5. The Kier molecular flexibility index (Phi) is 6.93. The summed E-state index contributed by atoms with van der Waals surface area (Å²) in [6.45, 7) is 1.75. The molecule has 0 saturated heterocycles. The van der Waals surface area contributed by atoms with Crippen LogP contribution in [0.25, 0.3) is 0 Å². The molecular formula is C19H21ClNOP. The average Bonchev–Trinajstić information content (AvgIpc) is 2.59. The molecule has 4 heteroatoms. The van der Waals surface area contributed by atoms with Crippen molar-refractivity contribution >= 4 is 24.2 Å². The summed E-state index contributed by atoms with van der Waals surface area (Å²) in [5.41, 5.74) is 1.02. The van der Waals surface area contributed by atoms with E-state index in [1.165, 1.54) is 0 Å². The van der Waals surface area contributed by atoms with Crippen molar-refractivity contribution in [2.75, 3.05) is 12.5 Å². The first-order valence-corrected chi connectivity index (χ1v) is 10.3. The van der Waals surface area contributed by atoms with Gasteiger partial charge in [0.2, 0.25) is 0 Å². The quantitative estimate of drug-likeness (QED) is 0.359. The predicted molar refractivity (Wildman–Crippen MR) is 99.7 cm³/mol. The molecule has 2 aromatic carbocycles. The van der Waals surface area contributed by atoms with Crippen molar-refractivity contribution in [2.24, 2.45) is 0 Å². The largest absolute Gasteiger partial charge is 0.302 e. The minimum atomic E-state index is -2.70. The minimum absolute atomic E-state index is 0.262. The van der Waals surface area contributed by atoms with E-state index in [-0.39, 0.29) is 6.04 Å². The third-order valence-corrected chi connectivity index (χ3v) is 5.74. The maximum atomic E-state index is 13.1. The smallest absolute Gasteiger partial charge is 0.174 e. The van der Waals surface area contributed by atoms with E-state index in [1.54, 1.807) is 6.66 Å². The van der Waals surface area contributed by atoms with Crippen LogP contribution in [-0.2, 0) is 4.57 Å². The first kappa shape index (κ1) is 17.8. The van der Waals surface area contributed by atoms with E-state index in [1.807, 2.05) is 60.7 Å². The Morgan fingerprint density at radius 3 is 2.30 bits per heavy atom. The maximum Gasteiger partial charge on any atom is 0.174 e.